The van der Waals surface area contributed by atoms with Crippen molar-refractivity contribution in [2.75, 3.05) is 59.6 Å². The molecule has 124 valence electrons. The summed E-state index contributed by atoms with van der Waals surface area (Å²) in [5, 5.41) is 19.1. The summed E-state index contributed by atoms with van der Waals surface area (Å²) >= 11 is 0. The van der Waals surface area contributed by atoms with Gasteiger partial charge in [-0.25, -0.2) is 0 Å². The number of rotatable bonds is 8. The minimum absolute atomic E-state index is 0.204. The maximum absolute atomic E-state index is 10.1. The van der Waals surface area contributed by atoms with Crippen LogP contribution >= 0.6 is 0 Å². The zero-order valence-corrected chi connectivity index (χ0v) is 13.1. The van der Waals surface area contributed by atoms with Crippen molar-refractivity contribution in [1.29, 1.82) is 0 Å². The molecule has 1 atom stereocenters. The molecule has 1 aromatic rings. The molecular formula is C16H26N2O4. The maximum Gasteiger partial charge on any atom is 0.161 e. The summed E-state index contributed by atoms with van der Waals surface area (Å²) in [6, 6.07) is 7.43. The van der Waals surface area contributed by atoms with Crippen LogP contribution in [-0.2, 0) is 0 Å². The number of hydrogen-bond donors (Lipinski definition) is 2. The summed E-state index contributed by atoms with van der Waals surface area (Å²) in [5.41, 5.74) is 0. The second kappa shape index (κ2) is 8.95. The number of aliphatic hydroxyl groups is 2. The average Bonchev–Trinajstić information content (AvgIpc) is 2.55. The summed E-state index contributed by atoms with van der Waals surface area (Å²) in [4.78, 5) is 4.46. The number of β-amino-alcohol motifs (C(OH)–C–C–N with tert-alkyl or cyclic N) is 2. The van der Waals surface area contributed by atoms with Gasteiger partial charge in [-0.05, 0) is 12.1 Å². The number of para-hydroxylation sites is 2. The molecule has 0 amide bonds. The molecule has 6 nitrogen and oxygen atoms in total. The van der Waals surface area contributed by atoms with E-state index >= 15 is 0 Å². The molecule has 1 fully saturated rings. The number of ether oxygens (including phenoxy) is 2. The fraction of sp³-hybridized carbons (Fsp3) is 0.625. The molecule has 0 radical (unpaired) electrons. The van der Waals surface area contributed by atoms with E-state index in [4.69, 9.17) is 14.6 Å². The fourth-order valence-corrected chi connectivity index (χ4v) is 2.61. The first-order valence-corrected chi connectivity index (χ1v) is 7.72. The molecule has 0 saturated carbocycles. The summed E-state index contributed by atoms with van der Waals surface area (Å²) < 4.78 is 10.9. The molecule has 2 N–H and O–H groups in total. The van der Waals surface area contributed by atoms with Gasteiger partial charge in [0, 0.05) is 39.3 Å². The van der Waals surface area contributed by atoms with E-state index in [2.05, 4.69) is 9.80 Å². The van der Waals surface area contributed by atoms with Crippen molar-refractivity contribution in [2.45, 2.75) is 6.10 Å². The minimum atomic E-state index is -0.533. The molecule has 0 aromatic heterocycles. The van der Waals surface area contributed by atoms with Crippen LogP contribution in [0.2, 0.25) is 0 Å². The summed E-state index contributed by atoms with van der Waals surface area (Å²) in [6.07, 6.45) is -0.533. The normalized spacial score (nSPS) is 18.1. The first-order chi connectivity index (χ1) is 10.7. The highest BCUT2D eigenvalue weighted by Gasteiger charge is 2.19. The SMILES string of the molecule is COc1ccccc1OCC(O)CN1CCN(CCO)CC1. The Hall–Kier alpha value is -1.34. The van der Waals surface area contributed by atoms with E-state index in [0.29, 0.717) is 18.0 Å². The van der Waals surface area contributed by atoms with Gasteiger partial charge in [-0.2, -0.15) is 0 Å². The first kappa shape index (κ1) is 17.0. The highest BCUT2D eigenvalue weighted by atomic mass is 16.5. The van der Waals surface area contributed by atoms with Crippen LogP contribution in [0.5, 0.6) is 11.5 Å². The Morgan fingerprint density at radius 1 is 1.09 bits per heavy atom. The van der Waals surface area contributed by atoms with Gasteiger partial charge >= 0.3 is 0 Å². The summed E-state index contributed by atoms with van der Waals surface area (Å²) in [7, 11) is 1.60. The van der Waals surface area contributed by atoms with Crippen LogP contribution in [0.3, 0.4) is 0 Å². The molecule has 0 aliphatic carbocycles. The van der Waals surface area contributed by atoms with Gasteiger partial charge in [0.15, 0.2) is 11.5 Å². The van der Waals surface area contributed by atoms with Crippen molar-refractivity contribution in [2.24, 2.45) is 0 Å². The van der Waals surface area contributed by atoms with Crippen molar-refractivity contribution in [1.82, 2.24) is 9.80 Å². The zero-order valence-electron chi connectivity index (χ0n) is 13.1. The van der Waals surface area contributed by atoms with Gasteiger partial charge in [0.1, 0.15) is 12.7 Å². The number of methoxy groups -OCH3 is 1. The number of benzene rings is 1. The second-order valence-electron chi connectivity index (χ2n) is 5.48. The Balaban J connectivity index is 1.71. The van der Waals surface area contributed by atoms with E-state index in [9.17, 15) is 5.11 Å². The van der Waals surface area contributed by atoms with Gasteiger partial charge in [0.2, 0.25) is 0 Å². The zero-order chi connectivity index (χ0) is 15.8. The number of hydrogen-bond acceptors (Lipinski definition) is 6. The van der Waals surface area contributed by atoms with Crippen LogP contribution in [0.15, 0.2) is 24.3 Å². The van der Waals surface area contributed by atoms with Crippen molar-refractivity contribution < 1.29 is 19.7 Å². The van der Waals surface area contributed by atoms with Gasteiger partial charge < -0.3 is 19.7 Å². The Kier molecular flexibility index (Phi) is 6.92. The van der Waals surface area contributed by atoms with Crippen LogP contribution in [0.25, 0.3) is 0 Å². The third-order valence-corrected chi connectivity index (χ3v) is 3.85. The molecule has 0 spiro atoms. The van der Waals surface area contributed by atoms with E-state index in [1.165, 1.54) is 0 Å². The quantitative estimate of drug-likeness (QED) is 0.707. The molecule has 1 unspecified atom stereocenters. The third kappa shape index (κ3) is 5.14. The molecule has 2 rings (SSSR count). The van der Waals surface area contributed by atoms with Gasteiger partial charge in [0.05, 0.1) is 13.7 Å². The van der Waals surface area contributed by atoms with Crippen LogP contribution < -0.4 is 9.47 Å². The lowest BCUT2D eigenvalue weighted by Gasteiger charge is -2.35. The van der Waals surface area contributed by atoms with Crippen molar-refractivity contribution in [3.05, 3.63) is 24.3 Å². The topological polar surface area (TPSA) is 65.4 Å². The maximum atomic E-state index is 10.1. The van der Waals surface area contributed by atoms with Crippen LogP contribution in [0, 0.1) is 0 Å². The lowest BCUT2D eigenvalue weighted by atomic mass is 10.2. The molecule has 0 bridgehead atoms. The number of nitrogens with zero attached hydrogens (tertiary/aromatic N) is 2. The molecule has 6 heteroatoms. The van der Waals surface area contributed by atoms with Gasteiger partial charge in [0.25, 0.3) is 0 Å². The minimum Gasteiger partial charge on any atom is -0.493 e. The lowest BCUT2D eigenvalue weighted by Crippen LogP contribution is -2.49. The third-order valence-electron chi connectivity index (χ3n) is 3.85. The molecule has 1 heterocycles. The average molecular weight is 310 g/mol. The van der Waals surface area contributed by atoms with Gasteiger partial charge in [-0.1, -0.05) is 12.1 Å². The van der Waals surface area contributed by atoms with Crippen LogP contribution in [0.1, 0.15) is 0 Å². The Bertz CT molecular complexity index is 436. The molecule has 22 heavy (non-hydrogen) atoms. The van der Waals surface area contributed by atoms with Crippen LogP contribution in [0.4, 0.5) is 0 Å². The Morgan fingerprint density at radius 3 is 2.36 bits per heavy atom. The molecule has 1 aliphatic rings. The predicted molar refractivity (Wildman–Crippen MR) is 84.5 cm³/mol. The number of aliphatic hydroxyl groups excluding tert-OH is 2. The smallest absolute Gasteiger partial charge is 0.161 e. The largest absolute Gasteiger partial charge is 0.493 e. The van der Waals surface area contributed by atoms with Gasteiger partial charge in [-0.15, -0.1) is 0 Å². The highest BCUT2D eigenvalue weighted by Crippen LogP contribution is 2.25. The molecule has 1 saturated heterocycles. The Labute approximate surface area is 131 Å². The van der Waals surface area contributed by atoms with Gasteiger partial charge in [-0.3, -0.25) is 9.80 Å². The van der Waals surface area contributed by atoms with Crippen molar-refractivity contribution >= 4 is 0 Å². The Morgan fingerprint density at radius 2 is 1.73 bits per heavy atom. The van der Waals surface area contributed by atoms with E-state index in [1.54, 1.807) is 7.11 Å². The monoisotopic (exact) mass is 310 g/mol. The second-order valence-corrected chi connectivity index (χ2v) is 5.48. The van der Waals surface area contributed by atoms with E-state index < -0.39 is 6.10 Å². The molecule has 1 aliphatic heterocycles. The van der Waals surface area contributed by atoms with Crippen molar-refractivity contribution in [3.63, 3.8) is 0 Å². The lowest BCUT2D eigenvalue weighted by molar-refractivity contribution is 0.0423. The fourth-order valence-electron chi connectivity index (χ4n) is 2.61. The molecular weight excluding hydrogens is 284 g/mol. The van der Waals surface area contributed by atoms with Crippen molar-refractivity contribution in [3.8, 4) is 11.5 Å². The predicted octanol–water partition coefficient (Wildman–Crippen LogP) is 0.0448. The summed E-state index contributed by atoms with van der Waals surface area (Å²) in [6.45, 7) is 5.46. The highest BCUT2D eigenvalue weighted by molar-refractivity contribution is 5.39. The van der Waals surface area contributed by atoms with Crippen LogP contribution in [-0.4, -0.2) is 85.7 Å². The van der Waals surface area contributed by atoms with E-state index in [1.807, 2.05) is 24.3 Å². The van der Waals surface area contributed by atoms with E-state index in [0.717, 1.165) is 32.7 Å². The standard InChI is InChI=1S/C16H26N2O4/c1-21-15-4-2-3-5-16(15)22-13-14(20)12-18-8-6-17(7-9-18)10-11-19/h2-5,14,19-20H,6-13H2,1H3. The van der Waals surface area contributed by atoms with E-state index in [-0.39, 0.29) is 13.2 Å². The molecule has 1 aromatic carbocycles. The first-order valence-electron chi connectivity index (χ1n) is 7.72. The number of piperazine rings is 1. The summed E-state index contributed by atoms with van der Waals surface area (Å²) in [5.74, 6) is 1.32.